The smallest absolute Gasteiger partial charge is 0.235 e. The molecule has 5 heteroatoms. The molecule has 0 radical (unpaired) electrons. The number of thiophene rings is 1. The molecule has 1 heterocycles. The van der Waals surface area contributed by atoms with Crippen molar-refractivity contribution in [3.63, 3.8) is 0 Å². The summed E-state index contributed by atoms with van der Waals surface area (Å²) < 4.78 is 0. The van der Waals surface area contributed by atoms with Crippen LogP contribution >= 0.6 is 23.1 Å². The van der Waals surface area contributed by atoms with Gasteiger partial charge in [-0.3, -0.25) is 4.79 Å². The zero-order chi connectivity index (χ0) is 18.9. The number of nitriles is 1. The molecule has 1 aromatic heterocycles. The summed E-state index contributed by atoms with van der Waals surface area (Å²) in [5.74, 6) is 0.300. The highest BCUT2D eigenvalue weighted by Crippen LogP contribution is 2.38. The zero-order valence-electron chi connectivity index (χ0n) is 15.7. The second-order valence-corrected chi connectivity index (χ2v) is 9.86. The molecule has 1 aromatic carbocycles. The van der Waals surface area contributed by atoms with Crippen LogP contribution in [0.5, 0.6) is 0 Å². The summed E-state index contributed by atoms with van der Waals surface area (Å²) in [6, 6.07) is 8.75. The lowest BCUT2D eigenvalue weighted by molar-refractivity contribution is -0.113. The monoisotopic (exact) mass is 384 g/mol. The van der Waals surface area contributed by atoms with E-state index in [2.05, 4.69) is 57.3 Å². The number of anilines is 1. The summed E-state index contributed by atoms with van der Waals surface area (Å²) in [6.45, 7) is 8.65. The van der Waals surface area contributed by atoms with E-state index in [0.29, 0.717) is 11.3 Å². The van der Waals surface area contributed by atoms with Crippen LogP contribution in [0.4, 0.5) is 5.00 Å². The van der Waals surface area contributed by atoms with Gasteiger partial charge >= 0.3 is 0 Å². The Kier molecular flexibility index (Phi) is 5.45. The highest BCUT2D eigenvalue weighted by atomic mass is 32.2. The van der Waals surface area contributed by atoms with E-state index in [1.54, 1.807) is 23.1 Å². The largest absolute Gasteiger partial charge is 0.316 e. The number of aryl methyl sites for hydroxylation is 2. The van der Waals surface area contributed by atoms with E-state index in [4.69, 9.17) is 0 Å². The van der Waals surface area contributed by atoms with Crippen molar-refractivity contribution in [1.82, 2.24) is 0 Å². The number of fused-ring (bicyclic) bond motifs is 1. The first-order valence-electron chi connectivity index (χ1n) is 8.88. The molecule has 26 heavy (non-hydrogen) atoms. The Morgan fingerprint density at radius 1 is 1.35 bits per heavy atom. The molecule has 0 unspecified atom stereocenters. The summed E-state index contributed by atoms with van der Waals surface area (Å²) in [5, 5.41) is 13.1. The van der Waals surface area contributed by atoms with E-state index in [1.807, 2.05) is 0 Å². The normalized spacial score (nSPS) is 13.3. The van der Waals surface area contributed by atoms with Gasteiger partial charge in [0.25, 0.3) is 0 Å². The van der Waals surface area contributed by atoms with E-state index < -0.39 is 0 Å². The topological polar surface area (TPSA) is 52.9 Å². The molecule has 1 aliphatic rings. The molecule has 3 rings (SSSR count). The molecule has 1 N–H and O–H groups in total. The molecule has 0 fully saturated rings. The Labute approximate surface area is 163 Å². The summed E-state index contributed by atoms with van der Waals surface area (Å²) in [4.78, 5) is 14.8. The fourth-order valence-electron chi connectivity index (χ4n) is 3.14. The third-order valence-electron chi connectivity index (χ3n) is 4.70. The fourth-order valence-corrected chi connectivity index (χ4v) is 5.26. The van der Waals surface area contributed by atoms with Gasteiger partial charge < -0.3 is 5.32 Å². The number of hydrogen-bond acceptors (Lipinski definition) is 4. The minimum Gasteiger partial charge on any atom is -0.316 e. The van der Waals surface area contributed by atoms with Crippen molar-refractivity contribution in [3.05, 3.63) is 45.3 Å². The number of carbonyl (C=O) groups is 1. The van der Waals surface area contributed by atoms with Crippen LogP contribution in [0, 0.1) is 18.3 Å². The summed E-state index contributed by atoms with van der Waals surface area (Å²) in [6.07, 6.45) is 3.10. The van der Waals surface area contributed by atoms with E-state index in [9.17, 15) is 10.1 Å². The lowest BCUT2D eigenvalue weighted by Crippen LogP contribution is -2.14. The van der Waals surface area contributed by atoms with Crippen LogP contribution in [0.15, 0.2) is 23.1 Å². The Morgan fingerprint density at radius 2 is 2.12 bits per heavy atom. The van der Waals surface area contributed by atoms with E-state index in [-0.39, 0.29) is 11.3 Å². The van der Waals surface area contributed by atoms with Gasteiger partial charge in [-0.25, -0.2) is 0 Å². The molecule has 0 aliphatic heterocycles. The SMILES string of the molecule is Cc1ccc(C(C)(C)C)cc1SCC(=O)Nc1sc2c(c1C#N)CCC2. The number of nitrogens with zero attached hydrogens (tertiary/aromatic N) is 1. The third kappa shape index (κ3) is 3.97. The molecular weight excluding hydrogens is 360 g/mol. The second-order valence-electron chi connectivity index (χ2n) is 7.74. The van der Waals surface area contributed by atoms with Crippen LogP contribution < -0.4 is 5.32 Å². The Hall–Kier alpha value is -1.77. The van der Waals surface area contributed by atoms with Gasteiger partial charge in [0.05, 0.1) is 11.3 Å². The maximum absolute atomic E-state index is 12.4. The minimum absolute atomic E-state index is 0.0491. The average Bonchev–Trinajstić information content (AvgIpc) is 3.13. The van der Waals surface area contributed by atoms with Crippen LogP contribution in [-0.4, -0.2) is 11.7 Å². The lowest BCUT2D eigenvalue weighted by atomic mass is 9.87. The van der Waals surface area contributed by atoms with Crippen molar-refractivity contribution in [2.75, 3.05) is 11.1 Å². The van der Waals surface area contributed by atoms with Crippen molar-refractivity contribution >= 4 is 34.0 Å². The van der Waals surface area contributed by atoms with Crippen molar-refractivity contribution in [3.8, 4) is 6.07 Å². The average molecular weight is 385 g/mol. The maximum atomic E-state index is 12.4. The first-order chi connectivity index (χ1) is 12.3. The summed E-state index contributed by atoms with van der Waals surface area (Å²) in [5.41, 5.74) is 4.36. The predicted octanol–water partition coefficient (Wildman–Crippen LogP) is 5.45. The highest BCUT2D eigenvalue weighted by Gasteiger charge is 2.23. The van der Waals surface area contributed by atoms with Crippen molar-refractivity contribution in [2.45, 2.75) is 57.3 Å². The van der Waals surface area contributed by atoms with Crippen molar-refractivity contribution in [1.29, 1.82) is 5.26 Å². The summed E-state index contributed by atoms with van der Waals surface area (Å²) in [7, 11) is 0. The van der Waals surface area contributed by atoms with Gasteiger partial charge in [-0.1, -0.05) is 32.9 Å². The maximum Gasteiger partial charge on any atom is 0.235 e. The van der Waals surface area contributed by atoms with Crippen LogP contribution in [0.1, 0.15) is 54.3 Å². The molecule has 0 saturated heterocycles. The third-order valence-corrected chi connectivity index (χ3v) is 7.06. The van der Waals surface area contributed by atoms with Gasteiger partial charge in [-0.15, -0.1) is 23.1 Å². The zero-order valence-corrected chi connectivity index (χ0v) is 17.4. The Balaban J connectivity index is 1.68. The quantitative estimate of drug-likeness (QED) is 0.714. The second kappa shape index (κ2) is 7.46. The van der Waals surface area contributed by atoms with Crippen molar-refractivity contribution < 1.29 is 4.79 Å². The lowest BCUT2D eigenvalue weighted by Gasteiger charge is -2.20. The van der Waals surface area contributed by atoms with E-state index >= 15 is 0 Å². The highest BCUT2D eigenvalue weighted by molar-refractivity contribution is 8.00. The van der Waals surface area contributed by atoms with Gasteiger partial charge in [0, 0.05) is 9.77 Å². The minimum atomic E-state index is -0.0491. The van der Waals surface area contributed by atoms with E-state index in [0.717, 1.165) is 34.7 Å². The molecule has 0 spiro atoms. The van der Waals surface area contributed by atoms with Crippen LogP contribution in [-0.2, 0) is 23.1 Å². The number of carbonyl (C=O) groups excluding carboxylic acids is 1. The number of benzene rings is 1. The predicted molar refractivity (Wildman–Crippen MR) is 110 cm³/mol. The van der Waals surface area contributed by atoms with Gasteiger partial charge in [-0.2, -0.15) is 5.26 Å². The molecule has 0 saturated carbocycles. The molecule has 1 aliphatic carbocycles. The fraction of sp³-hybridized carbons (Fsp3) is 0.429. The molecule has 136 valence electrons. The van der Waals surface area contributed by atoms with Crippen LogP contribution in [0.25, 0.3) is 0 Å². The number of hydrogen-bond donors (Lipinski definition) is 1. The summed E-state index contributed by atoms with van der Waals surface area (Å²) >= 11 is 3.13. The molecule has 2 aromatic rings. The number of nitrogens with one attached hydrogen (secondary N) is 1. The van der Waals surface area contributed by atoms with Crippen molar-refractivity contribution in [2.24, 2.45) is 0 Å². The Bertz CT molecular complexity index is 885. The van der Waals surface area contributed by atoms with Gasteiger partial charge in [-0.05, 0) is 54.4 Å². The van der Waals surface area contributed by atoms with Crippen LogP contribution in [0.3, 0.4) is 0 Å². The molecule has 1 amide bonds. The van der Waals surface area contributed by atoms with Gasteiger partial charge in [0.1, 0.15) is 11.1 Å². The van der Waals surface area contributed by atoms with E-state index in [1.165, 1.54) is 16.0 Å². The van der Waals surface area contributed by atoms with Gasteiger partial charge in [0.2, 0.25) is 5.91 Å². The number of rotatable bonds is 4. The number of amides is 1. The molecular formula is C21H24N2OS2. The molecule has 0 atom stereocenters. The first kappa shape index (κ1) is 19.0. The molecule has 3 nitrogen and oxygen atoms in total. The Morgan fingerprint density at radius 3 is 2.81 bits per heavy atom. The number of thioether (sulfide) groups is 1. The first-order valence-corrected chi connectivity index (χ1v) is 10.7. The molecule has 0 bridgehead atoms. The van der Waals surface area contributed by atoms with Crippen LogP contribution in [0.2, 0.25) is 0 Å². The standard InChI is InChI=1S/C21H24N2OS2/c1-13-8-9-14(21(2,3)4)10-18(13)25-12-19(24)23-20-16(11-22)15-6-5-7-17(15)26-20/h8-10H,5-7,12H2,1-4H3,(H,23,24). The van der Waals surface area contributed by atoms with Gasteiger partial charge in [0.15, 0.2) is 0 Å².